The lowest BCUT2D eigenvalue weighted by molar-refractivity contribution is 0.793. The van der Waals surface area contributed by atoms with Gasteiger partial charge in [-0.1, -0.05) is 162 Å². The molecule has 0 radical (unpaired) electrons. The minimum atomic E-state index is -0.433. The first-order chi connectivity index (χ1) is 25.2. The van der Waals surface area contributed by atoms with Crippen LogP contribution in [0.2, 0.25) is 0 Å². The molecule has 2 heteroatoms. The van der Waals surface area contributed by atoms with E-state index in [2.05, 4.69) is 215 Å². The molecule has 0 aromatic heterocycles. The van der Waals surface area contributed by atoms with Gasteiger partial charge in [0.1, 0.15) is 0 Å². The molecule has 0 atom stereocenters. The molecule has 51 heavy (non-hydrogen) atoms. The van der Waals surface area contributed by atoms with Gasteiger partial charge >= 0.3 is 0 Å². The molecular formula is C49H32BrN. The van der Waals surface area contributed by atoms with Crippen molar-refractivity contribution >= 4 is 33.0 Å². The molecule has 0 N–H and O–H groups in total. The van der Waals surface area contributed by atoms with Crippen LogP contribution in [-0.4, -0.2) is 0 Å². The predicted molar refractivity (Wildman–Crippen MR) is 216 cm³/mol. The maximum Gasteiger partial charge on any atom is 0.0726 e. The number of rotatable bonds is 5. The largest absolute Gasteiger partial charge is 0.310 e. The Balaban J connectivity index is 1.19. The Labute approximate surface area is 307 Å². The molecular weight excluding hydrogens is 682 g/mol. The fourth-order valence-electron chi connectivity index (χ4n) is 8.55. The van der Waals surface area contributed by atoms with Crippen LogP contribution in [0, 0.1) is 0 Å². The van der Waals surface area contributed by atoms with Crippen LogP contribution in [0.3, 0.4) is 0 Å². The highest BCUT2D eigenvalue weighted by molar-refractivity contribution is 9.10. The van der Waals surface area contributed by atoms with Gasteiger partial charge in [0, 0.05) is 21.5 Å². The molecule has 1 spiro atoms. The summed E-state index contributed by atoms with van der Waals surface area (Å²) in [5.74, 6) is 0. The molecule has 8 aromatic carbocycles. The zero-order valence-corrected chi connectivity index (χ0v) is 29.4. The Kier molecular flexibility index (Phi) is 6.94. The van der Waals surface area contributed by atoms with E-state index in [1.165, 1.54) is 66.8 Å². The highest BCUT2D eigenvalue weighted by atomic mass is 79.9. The first kappa shape index (κ1) is 29.9. The Hall–Kier alpha value is -5.96. The van der Waals surface area contributed by atoms with Gasteiger partial charge in [-0.3, -0.25) is 0 Å². The van der Waals surface area contributed by atoms with Crippen molar-refractivity contribution in [1.29, 1.82) is 0 Å². The summed E-state index contributed by atoms with van der Waals surface area (Å²) in [7, 11) is 0. The number of halogens is 1. The monoisotopic (exact) mass is 713 g/mol. The first-order valence-corrected chi connectivity index (χ1v) is 18.2. The number of hydrogen-bond acceptors (Lipinski definition) is 1. The molecule has 0 saturated heterocycles. The predicted octanol–water partition coefficient (Wildman–Crippen LogP) is 13.6. The van der Waals surface area contributed by atoms with Gasteiger partial charge in [-0.15, -0.1) is 0 Å². The third kappa shape index (κ3) is 4.60. The molecule has 8 aromatic rings. The maximum atomic E-state index is 3.86. The topological polar surface area (TPSA) is 3.24 Å². The van der Waals surface area contributed by atoms with Crippen molar-refractivity contribution < 1.29 is 0 Å². The summed E-state index contributed by atoms with van der Waals surface area (Å²) in [5, 5.41) is 0. The number of benzene rings is 8. The van der Waals surface area contributed by atoms with E-state index < -0.39 is 5.41 Å². The minimum Gasteiger partial charge on any atom is -0.310 e. The van der Waals surface area contributed by atoms with E-state index in [1.807, 2.05) is 0 Å². The molecule has 1 nitrogen and oxygen atoms in total. The molecule has 240 valence electrons. The van der Waals surface area contributed by atoms with Crippen LogP contribution in [0.15, 0.2) is 199 Å². The highest BCUT2D eigenvalue weighted by Crippen LogP contribution is 2.63. The molecule has 0 saturated carbocycles. The van der Waals surface area contributed by atoms with E-state index in [1.54, 1.807) is 0 Å². The number of nitrogens with zero attached hydrogens (tertiary/aromatic N) is 1. The van der Waals surface area contributed by atoms with Gasteiger partial charge in [-0.05, 0) is 115 Å². The second-order valence-corrected chi connectivity index (χ2v) is 14.3. The Bertz CT molecular complexity index is 2440. The Morgan fingerprint density at radius 2 is 0.706 bits per heavy atom. The molecule has 0 heterocycles. The molecule has 0 aliphatic heterocycles. The average molecular weight is 715 g/mol. The van der Waals surface area contributed by atoms with Crippen molar-refractivity contribution in [2.45, 2.75) is 5.41 Å². The van der Waals surface area contributed by atoms with E-state index in [-0.39, 0.29) is 0 Å². The van der Waals surface area contributed by atoms with Crippen LogP contribution in [0.5, 0.6) is 0 Å². The SMILES string of the molecule is Brc1ccc2c(c1)C1(c3ccccc3-c3ccccc31)c1cc(N(c3ccc(-c4ccccc4)cc3)c3ccc(-c4ccccc4)cc3)ccc1-2. The van der Waals surface area contributed by atoms with Gasteiger partial charge < -0.3 is 4.90 Å². The lowest BCUT2D eigenvalue weighted by atomic mass is 9.70. The lowest BCUT2D eigenvalue weighted by Crippen LogP contribution is -2.26. The second-order valence-electron chi connectivity index (χ2n) is 13.4. The van der Waals surface area contributed by atoms with Gasteiger partial charge in [-0.2, -0.15) is 0 Å². The van der Waals surface area contributed by atoms with Gasteiger partial charge in [-0.25, -0.2) is 0 Å². The van der Waals surface area contributed by atoms with Crippen molar-refractivity contribution in [3.8, 4) is 44.5 Å². The zero-order valence-electron chi connectivity index (χ0n) is 27.8. The summed E-state index contributed by atoms with van der Waals surface area (Å²) in [5.41, 5.74) is 18.3. The third-order valence-corrected chi connectivity index (χ3v) is 11.3. The van der Waals surface area contributed by atoms with E-state index in [0.717, 1.165) is 21.5 Å². The van der Waals surface area contributed by atoms with Crippen molar-refractivity contribution in [3.63, 3.8) is 0 Å². The van der Waals surface area contributed by atoms with Crippen LogP contribution in [0.25, 0.3) is 44.5 Å². The first-order valence-electron chi connectivity index (χ1n) is 17.5. The van der Waals surface area contributed by atoms with Crippen molar-refractivity contribution in [3.05, 3.63) is 221 Å². The maximum absolute atomic E-state index is 3.86. The molecule has 2 aliphatic carbocycles. The Morgan fingerprint density at radius 3 is 1.24 bits per heavy atom. The number of anilines is 3. The van der Waals surface area contributed by atoms with Crippen molar-refractivity contribution in [2.24, 2.45) is 0 Å². The summed E-state index contributed by atoms with van der Waals surface area (Å²) >= 11 is 3.86. The van der Waals surface area contributed by atoms with Gasteiger partial charge in [0.15, 0.2) is 0 Å². The number of hydrogen-bond donors (Lipinski definition) is 0. The van der Waals surface area contributed by atoms with Crippen LogP contribution < -0.4 is 4.90 Å². The quantitative estimate of drug-likeness (QED) is 0.172. The van der Waals surface area contributed by atoms with Crippen molar-refractivity contribution in [1.82, 2.24) is 0 Å². The molecule has 10 rings (SSSR count). The van der Waals surface area contributed by atoms with Crippen LogP contribution in [0.1, 0.15) is 22.3 Å². The summed E-state index contributed by atoms with van der Waals surface area (Å²) < 4.78 is 1.09. The standard InChI is InChI=1S/C49H32BrN/c50-37-23-29-43-44-30-28-40(32-48(44)49(47(43)31-37)45-17-9-7-15-41(45)42-16-8-10-18-46(42)49)51(38-24-19-35(20-25-38)33-11-3-1-4-12-33)39-26-21-36(22-27-39)34-13-5-2-6-14-34/h1-32H. The third-order valence-electron chi connectivity index (χ3n) is 10.8. The molecule has 0 amide bonds. The summed E-state index contributed by atoms with van der Waals surface area (Å²) in [6, 6.07) is 71.1. The van der Waals surface area contributed by atoms with Crippen LogP contribution >= 0.6 is 15.9 Å². The van der Waals surface area contributed by atoms with Crippen molar-refractivity contribution in [2.75, 3.05) is 4.90 Å². The van der Waals surface area contributed by atoms with E-state index in [4.69, 9.17) is 0 Å². The van der Waals surface area contributed by atoms with Crippen LogP contribution in [0.4, 0.5) is 17.1 Å². The summed E-state index contributed by atoms with van der Waals surface area (Å²) in [6.07, 6.45) is 0. The van der Waals surface area contributed by atoms with Gasteiger partial charge in [0.2, 0.25) is 0 Å². The second kappa shape index (κ2) is 11.8. The van der Waals surface area contributed by atoms with E-state index in [9.17, 15) is 0 Å². The highest BCUT2D eigenvalue weighted by Gasteiger charge is 2.51. The average Bonchev–Trinajstić information content (AvgIpc) is 3.66. The normalized spacial score (nSPS) is 13.0. The van der Waals surface area contributed by atoms with Gasteiger partial charge in [0.05, 0.1) is 5.41 Å². The fourth-order valence-corrected chi connectivity index (χ4v) is 8.91. The molecule has 0 bridgehead atoms. The van der Waals surface area contributed by atoms with Crippen LogP contribution in [-0.2, 0) is 5.41 Å². The summed E-state index contributed by atoms with van der Waals surface area (Å²) in [6.45, 7) is 0. The molecule has 2 aliphatic rings. The molecule has 0 unspecified atom stereocenters. The van der Waals surface area contributed by atoms with E-state index >= 15 is 0 Å². The van der Waals surface area contributed by atoms with Gasteiger partial charge in [0.25, 0.3) is 0 Å². The smallest absolute Gasteiger partial charge is 0.0726 e. The zero-order chi connectivity index (χ0) is 33.9. The Morgan fingerprint density at radius 1 is 0.314 bits per heavy atom. The fraction of sp³-hybridized carbons (Fsp3) is 0.0204. The summed E-state index contributed by atoms with van der Waals surface area (Å²) in [4.78, 5) is 2.41. The molecule has 0 fully saturated rings. The minimum absolute atomic E-state index is 0.433. The number of fused-ring (bicyclic) bond motifs is 10. The van der Waals surface area contributed by atoms with E-state index in [0.29, 0.717) is 0 Å². The lowest BCUT2D eigenvalue weighted by Gasteiger charge is -2.32.